The molecule has 0 radical (unpaired) electrons. The van der Waals surface area contributed by atoms with Crippen molar-refractivity contribution in [2.45, 2.75) is 0 Å². The highest BCUT2D eigenvalue weighted by atomic mass is 35.5. The number of carbonyl (C=O) groups excluding carboxylic acids is 1. The van der Waals surface area contributed by atoms with Crippen molar-refractivity contribution in [2.75, 3.05) is 37.7 Å². The molecule has 0 atom stereocenters. The van der Waals surface area contributed by atoms with Crippen molar-refractivity contribution in [3.8, 4) is 0 Å². The molecule has 0 saturated heterocycles. The van der Waals surface area contributed by atoms with E-state index in [0.29, 0.717) is 16.4 Å². The predicted octanol–water partition coefficient (Wildman–Crippen LogP) is 3.80. The minimum atomic E-state index is -3.01. The highest BCUT2D eigenvalue weighted by Crippen LogP contribution is 2.20. The third-order valence-corrected chi connectivity index (χ3v) is 6.51. The van der Waals surface area contributed by atoms with Crippen molar-refractivity contribution in [2.24, 2.45) is 0 Å². The molecule has 1 N–H and O–H groups in total. The Labute approximate surface area is 153 Å². The van der Waals surface area contributed by atoms with Gasteiger partial charge in [-0.15, -0.1) is 0 Å². The molecule has 0 fully saturated rings. The van der Waals surface area contributed by atoms with Gasteiger partial charge in [-0.2, -0.15) is 0 Å². The molecule has 0 aromatic heterocycles. The fraction of sp³-hybridized carbons (Fsp3) is 0.235. The van der Waals surface area contributed by atoms with Gasteiger partial charge in [0.15, 0.2) is 0 Å². The van der Waals surface area contributed by atoms with E-state index in [-0.39, 0.29) is 12.2 Å². The molecule has 134 valence electrons. The average molecular weight is 381 g/mol. The van der Waals surface area contributed by atoms with Gasteiger partial charge >= 0.3 is 14.8 Å². The molecule has 0 saturated carbocycles. The highest BCUT2D eigenvalue weighted by molar-refractivity contribution is 6.61. The van der Waals surface area contributed by atoms with Crippen LogP contribution in [0.5, 0.6) is 0 Å². The molecular weight excluding hydrogens is 360 g/mol. The number of para-hydroxylation sites is 1. The minimum Gasteiger partial charge on any atom is -0.376 e. The van der Waals surface area contributed by atoms with Crippen molar-refractivity contribution < 1.29 is 18.1 Å². The normalized spacial score (nSPS) is 11.2. The molecule has 25 heavy (non-hydrogen) atoms. The number of rotatable bonds is 7. The SMILES string of the molecule is CO[Si](CN(C(=O)Nc1ccc(Cl)cc1)c1ccccc1)(OC)OC. The second-order valence-corrected chi connectivity index (χ2v) is 8.50. The topological polar surface area (TPSA) is 60.0 Å². The second-order valence-electron chi connectivity index (χ2n) is 5.15. The van der Waals surface area contributed by atoms with Crippen molar-refractivity contribution in [3.05, 3.63) is 59.6 Å². The summed E-state index contributed by atoms with van der Waals surface area (Å²) in [4.78, 5) is 14.4. The number of anilines is 2. The Morgan fingerprint density at radius 3 is 2.08 bits per heavy atom. The number of halogens is 1. The van der Waals surface area contributed by atoms with Crippen molar-refractivity contribution in [1.82, 2.24) is 0 Å². The third kappa shape index (κ3) is 5.04. The number of benzene rings is 2. The van der Waals surface area contributed by atoms with E-state index in [1.165, 1.54) is 26.2 Å². The van der Waals surface area contributed by atoms with Gasteiger partial charge in [0, 0.05) is 37.7 Å². The van der Waals surface area contributed by atoms with Crippen LogP contribution in [0.25, 0.3) is 0 Å². The fourth-order valence-corrected chi connectivity index (χ4v) is 3.98. The Kier molecular flexibility index (Phi) is 6.98. The average Bonchev–Trinajstić information content (AvgIpc) is 2.66. The van der Waals surface area contributed by atoms with Crippen molar-refractivity contribution in [1.29, 1.82) is 0 Å². The summed E-state index contributed by atoms with van der Waals surface area (Å²) < 4.78 is 16.4. The number of carbonyl (C=O) groups is 1. The van der Waals surface area contributed by atoms with Crippen LogP contribution in [-0.4, -0.2) is 42.3 Å². The maximum Gasteiger partial charge on any atom is 0.521 e. The zero-order valence-electron chi connectivity index (χ0n) is 14.4. The quantitative estimate of drug-likeness (QED) is 0.742. The molecule has 2 amide bonds. The maximum atomic E-state index is 12.9. The van der Waals surface area contributed by atoms with Crippen LogP contribution >= 0.6 is 11.6 Å². The van der Waals surface area contributed by atoms with Gasteiger partial charge in [0.2, 0.25) is 0 Å². The van der Waals surface area contributed by atoms with Gasteiger partial charge in [-0.25, -0.2) is 4.79 Å². The smallest absolute Gasteiger partial charge is 0.376 e. The van der Waals surface area contributed by atoms with Crippen LogP contribution in [0.2, 0.25) is 5.02 Å². The zero-order valence-corrected chi connectivity index (χ0v) is 16.1. The van der Waals surface area contributed by atoms with E-state index in [2.05, 4.69) is 5.32 Å². The van der Waals surface area contributed by atoms with E-state index >= 15 is 0 Å². The second kappa shape index (κ2) is 8.98. The Hall–Kier alpha value is -1.90. The van der Waals surface area contributed by atoms with Gasteiger partial charge in [-0.3, -0.25) is 4.90 Å². The molecule has 0 bridgehead atoms. The van der Waals surface area contributed by atoms with Gasteiger partial charge in [-0.05, 0) is 36.4 Å². The van der Waals surface area contributed by atoms with Crippen LogP contribution in [0.15, 0.2) is 54.6 Å². The molecule has 0 aliphatic heterocycles. The molecule has 0 spiro atoms. The van der Waals surface area contributed by atoms with E-state index < -0.39 is 8.80 Å². The van der Waals surface area contributed by atoms with Gasteiger partial charge in [-0.1, -0.05) is 29.8 Å². The summed E-state index contributed by atoms with van der Waals surface area (Å²) in [5.41, 5.74) is 1.34. The molecule has 2 aromatic rings. The molecular formula is C17H21ClN2O4Si. The first-order valence-corrected chi connectivity index (χ1v) is 9.89. The highest BCUT2D eigenvalue weighted by Gasteiger charge is 2.42. The predicted molar refractivity (Wildman–Crippen MR) is 101 cm³/mol. The first-order valence-electron chi connectivity index (χ1n) is 7.58. The van der Waals surface area contributed by atoms with Gasteiger partial charge in [0.05, 0.1) is 6.17 Å². The number of urea groups is 1. The number of hydrogen-bond donors (Lipinski definition) is 1. The van der Waals surface area contributed by atoms with E-state index in [1.807, 2.05) is 30.3 Å². The van der Waals surface area contributed by atoms with Gasteiger partial charge in [0.25, 0.3) is 0 Å². The summed E-state index contributed by atoms with van der Waals surface area (Å²) in [7, 11) is 1.53. The lowest BCUT2D eigenvalue weighted by molar-refractivity contribution is 0.125. The van der Waals surface area contributed by atoms with Gasteiger partial charge < -0.3 is 18.6 Å². The molecule has 0 aliphatic rings. The van der Waals surface area contributed by atoms with E-state index in [1.54, 1.807) is 24.3 Å². The van der Waals surface area contributed by atoms with Crippen LogP contribution in [0.1, 0.15) is 0 Å². The van der Waals surface area contributed by atoms with Gasteiger partial charge in [0.1, 0.15) is 0 Å². The van der Waals surface area contributed by atoms with E-state index in [0.717, 1.165) is 0 Å². The number of hydrogen-bond acceptors (Lipinski definition) is 4. The zero-order chi connectivity index (χ0) is 18.3. The molecule has 6 nitrogen and oxygen atoms in total. The third-order valence-electron chi connectivity index (χ3n) is 3.69. The van der Waals surface area contributed by atoms with Crippen LogP contribution in [0.4, 0.5) is 16.2 Å². The Bertz CT molecular complexity index is 673. The van der Waals surface area contributed by atoms with Crippen LogP contribution < -0.4 is 10.2 Å². The fourth-order valence-electron chi connectivity index (χ4n) is 2.25. The van der Waals surface area contributed by atoms with Crippen LogP contribution in [0, 0.1) is 0 Å². The maximum absolute atomic E-state index is 12.9. The minimum absolute atomic E-state index is 0.167. The first kappa shape index (κ1) is 19.4. The lowest BCUT2D eigenvalue weighted by Crippen LogP contribution is -2.55. The molecule has 0 heterocycles. The Balaban J connectivity index is 2.27. The summed E-state index contributed by atoms with van der Waals surface area (Å²) in [5.74, 6) is 0. The monoisotopic (exact) mass is 380 g/mol. The number of nitrogens with zero attached hydrogens (tertiary/aromatic N) is 1. The Morgan fingerprint density at radius 1 is 1.00 bits per heavy atom. The summed E-state index contributed by atoms with van der Waals surface area (Å²) >= 11 is 5.88. The molecule has 0 unspecified atom stereocenters. The van der Waals surface area contributed by atoms with Crippen LogP contribution in [-0.2, 0) is 13.3 Å². The molecule has 0 aliphatic carbocycles. The molecule has 8 heteroatoms. The Morgan fingerprint density at radius 2 is 1.56 bits per heavy atom. The van der Waals surface area contributed by atoms with Crippen molar-refractivity contribution in [3.63, 3.8) is 0 Å². The first-order chi connectivity index (χ1) is 12.0. The number of amides is 2. The summed E-state index contributed by atoms with van der Waals surface area (Å²) in [6.45, 7) is 0. The molecule has 2 rings (SSSR count). The largest absolute Gasteiger partial charge is 0.521 e. The van der Waals surface area contributed by atoms with E-state index in [4.69, 9.17) is 24.9 Å². The lowest BCUT2D eigenvalue weighted by atomic mass is 10.3. The number of nitrogens with one attached hydrogen (secondary N) is 1. The standard InChI is InChI=1S/C17H21ClN2O4Si/c1-22-25(23-2,24-3)13-20(16-7-5-4-6-8-16)17(21)19-15-11-9-14(18)10-12-15/h4-12H,13H2,1-3H3,(H,19,21). The van der Waals surface area contributed by atoms with Crippen molar-refractivity contribution >= 4 is 37.8 Å². The summed E-state index contributed by atoms with van der Waals surface area (Å²) in [6.07, 6.45) is 0.167. The van der Waals surface area contributed by atoms with Crippen LogP contribution in [0.3, 0.4) is 0 Å². The summed E-state index contributed by atoms with van der Waals surface area (Å²) in [5, 5.41) is 3.45. The summed E-state index contributed by atoms with van der Waals surface area (Å²) in [6, 6.07) is 15.8. The van der Waals surface area contributed by atoms with E-state index in [9.17, 15) is 4.79 Å². The molecule has 2 aromatic carbocycles. The lowest BCUT2D eigenvalue weighted by Gasteiger charge is -2.31.